The number of H-pyrrole nitrogens is 3. The standard InChI is InChI=1S/C22H18N8/c1-3-17-16(10-13(2)14-11-25-26-12-14)20(30-29-17)22-27-19-15(7-9-24-21(19)28-22)18-6-4-5-8-23-18/h3-12,29H,2H2,1H3,(H,25,26)(H,24,27,28)/b16-10+,17-3+. The summed E-state index contributed by atoms with van der Waals surface area (Å²) in [6.07, 6.45) is 11.0. The number of hydrogen-bond acceptors (Lipinski definition) is 5. The summed E-state index contributed by atoms with van der Waals surface area (Å²) in [7, 11) is 0. The molecule has 30 heavy (non-hydrogen) atoms. The largest absolute Gasteiger partial charge is 0.335 e. The summed E-state index contributed by atoms with van der Waals surface area (Å²) >= 11 is 0. The van der Waals surface area contributed by atoms with Crippen LogP contribution in [0.15, 0.2) is 55.6 Å². The summed E-state index contributed by atoms with van der Waals surface area (Å²) in [6.45, 7) is 6.11. The number of rotatable bonds is 4. The Labute approximate surface area is 171 Å². The van der Waals surface area contributed by atoms with Crippen LogP contribution in [0.1, 0.15) is 12.5 Å². The Balaban J connectivity index is 1.69. The molecule has 5 aromatic rings. The lowest BCUT2D eigenvalue weighted by Gasteiger charge is -2.00. The average molecular weight is 394 g/mol. The molecule has 8 nitrogen and oxygen atoms in total. The minimum atomic E-state index is 0.609. The highest BCUT2D eigenvalue weighted by atomic mass is 15.1. The van der Waals surface area contributed by atoms with E-state index in [-0.39, 0.29) is 0 Å². The number of nitrogens with zero attached hydrogens (tertiary/aromatic N) is 5. The second kappa shape index (κ2) is 7.25. The van der Waals surface area contributed by atoms with Gasteiger partial charge in [0.25, 0.3) is 0 Å². The van der Waals surface area contributed by atoms with E-state index in [2.05, 4.69) is 46.9 Å². The molecule has 0 fully saturated rings. The summed E-state index contributed by atoms with van der Waals surface area (Å²) in [5.74, 6) is 0.622. The van der Waals surface area contributed by atoms with Gasteiger partial charge in [0.1, 0.15) is 5.69 Å². The van der Waals surface area contributed by atoms with Crippen LogP contribution in [0.4, 0.5) is 0 Å². The van der Waals surface area contributed by atoms with Crippen LogP contribution in [0.25, 0.3) is 51.7 Å². The molecule has 3 N–H and O–H groups in total. The number of imidazole rings is 1. The Morgan fingerprint density at radius 1 is 1.13 bits per heavy atom. The maximum Gasteiger partial charge on any atom is 0.178 e. The molecule has 0 aromatic carbocycles. The third-order valence-electron chi connectivity index (χ3n) is 4.87. The molecule has 0 spiro atoms. The van der Waals surface area contributed by atoms with Crippen LogP contribution in [0.3, 0.4) is 0 Å². The number of pyridine rings is 2. The van der Waals surface area contributed by atoms with Crippen LogP contribution in [0, 0.1) is 0 Å². The first-order valence-corrected chi connectivity index (χ1v) is 9.41. The number of allylic oxidation sites excluding steroid dienone is 1. The van der Waals surface area contributed by atoms with Crippen LogP contribution in [-0.4, -0.2) is 40.3 Å². The molecule has 8 heteroatoms. The quantitative estimate of drug-likeness (QED) is 0.433. The van der Waals surface area contributed by atoms with Gasteiger partial charge < -0.3 is 4.98 Å². The van der Waals surface area contributed by atoms with Crippen molar-refractivity contribution in [1.82, 2.24) is 40.3 Å². The average Bonchev–Trinajstić information content (AvgIpc) is 3.53. The van der Waals surface area contributed by atoms with E-state index in [4.69, 9.17) is 0 Å². The third-order valence-corrected chi connectivity index (χ3v) is 4.87. The number of aromatic amines is 3. The van der Waals surface area contributed by atoms with Gasteiger partial charge in [0.15, 0.2) is 11.5 Å². The van der Waals surface area contributed by atoms with Crippen LogP contribution in [-0.2, 0) is 0 Å². The number of fused-ring (bicyclic) bond motifs is 1. The van der Waals surface area contributed by atoms with Gasteiger partial charge in [-0.05, 0) is 36.8 Å². The van der Waals surface area contributed by atoms with Crippen molar-refractivity contribution in [3.05, 3.63) is 71.8 Å². The van der Waals surface area contributed by atoms with Crippen LogP contribution < -0.4 is 10.6 Å². The van der Waals surface area contributed by atoms with E-state index in [0.717, 1.165) is 38.5 Å². The van der Waals surface area contributed by atoms with Crippen LogP contribution >= 0.6 is 0 Å². The number of nitrogens with one attached hydrogen (secondary N) is 3. The zero-order valence-corrected chi connectivity index (χ0v) is 16.2. The van der Waals surface area contributed by atoms with Gasteiger partial charge in [0, 0.05) is 34.9 Å². The Bertz CT molecular complexity index is 1460. The maximum absolute atomic E-state index is 4.69. The lowest BCUT2D eigenvalue weighted by molar-refractivity contribution is 1.05. The fraction of sp³-hybridized carbons (Fsp3) is 0.0455. The van der Waals surface area contributed by atoms with Gasteiger partial charge in [-0.15, -0.1) is 0 Å². The summed E-state index contributed by atoms with van der Waals surface area (Å²) < 4.78 is 0. The van der Waals surface area contributed by atoms with Gasteiger partial charge in [-0.2, -0.15) is 10.2 Å². The SMILES string of the molecule is C=C(/C=c1/c(-c2nc3nccc(-c4ccccn4)c3[nH]2)n[nH]/c1=C/C)c1cn[nH]c1. The Morgan fingerprint density at radius 2 is 2.07 bits per heavy atom. The second-order valence-electron chi connectivity index (χ2n) is 6.70. The molecule has 0 saturated heterocycles. The molecule has 5 aromatic heterocycles. The van der Waals surface area contributed by atoms with Gasteiger partial charge in [-0.1, -0.05) is 18.7 Å². The predicted molar refractivity (Wildman–Crippen MR) is 116 cm³/mol. The van der Waals surface area contributed by atoms with E-state index in [0.29, 0.717) is 17.2 Å². The van der Waals surface area contributed by atoms with Crippen molar-refractivity contribution in [3.63, 3.8) is 0 Å². The highest BCUT2D eigenvalue weighted by Gasteiger charge is 2.15. The maximum atomic E-state index is 4.69. The zero-order valence-electron chi connectivity index (χ0n) is 16.2. The molecule has 0 unspecified atom stereocenters. The number of hydrogen-bond donors (Lipinski definition) is 3. The van der Waals surface area contributed by atoms with Crippen molar-refractivity contribution in [2.24, 2.45) is 0 Å². The second-order valence-corrected chi connectivity index (χ2v) is 6.70. The fourth-order valence-electron chi connectivity index (χ4n) is 3.35. The van der Waals surface area contributed by atoms with Gasteiger partial charge in [0.2, 0.25) is 0 Å². The van der Waals surface area contributed by atoms with Gasteiger partial charge in [-0.25, -0.2) is 9.97 Å². The summed E-state index contributed by atoms with van der Waals surface area (Å²) in [4.78, 5) is 16.9. The molecule has 0 aliphatic rings. The van der Waals surface area contributed by atoms with E-state index in [9.17, 15) is 0 Å². The Morgan fingerprint density at radius 3 is 2.83 bits per heavy atom. The molecular weight excluding hydrogens is 376 g/mol. The first-order valence-electron chi connectivity index (χ1n) is 9.41. The van der Waals surface area contributed by atoms with Crippen molar-refractivity contribution in [3.8, 4) is 22.8 Å². The predicted octanol–water partition coefficient (Wildman–Crippen LogP) is 2.43. The smallest absolute Gasteiger partial charge is 0.178 e. The van der Waals surface area contributed by atoms with Crippen LogP contribution in [0.2, 0.25) is 0 Å². The summed E-state index contributed by atoms with van der Waals surface area (Å²) in [6, 6.07) is 7.73. The Kier molecular flexibility index (Phi) is 4.29. The molecule has 0 aliphatic carbocycles. The molecule has 5 rings (SSSR count). The minimum absolute atomic E-state index is 0.609. The normalized spacial score (nSPS) is 12.7. The van der Waals surface area contributed by atoms with E-state index in [1.807, 2.05) is 43.3 Å². The fourth-order valence-corrected chi connectivity index (χ4v) is 3.35. The number of aromatic nitrogens is 8. The van der Waals surface area contributed by atoms with Crippen molar-refractivity contribution in [1.29, 1.82) is 0 Å². The molecular formula is C22H18N8. The highest BCUT2D eigenvalue weighted by Crippen LogP contribution is 2.25. The highest BCUT2D eigenvalue weighted by molar-refractivity contribution is 5.91. The lowest BCUT2D eigenvalue weighted by atomic mass is 10.1. The van der Waals surface area contributed by atoms with Crippen molar-refractivity contribution < 1.29 is 0 Å². The molecule has 5 heterocycles. The molecule has 0 saturated carbocycles. The van der Waals surface area contributed by atoms with E-state index < -0.39 is 0 Å². The first-order chi connectivity index (χ1) is 14.7. The van der Waals surface area contributed by atoms with Crippen molar-refractivity contribution in [2.45, 2.75) is 6.92 Å². The van der Waals surface area contributed by atoms with Gasteiger partial charge >= 0.3 is 0 Å². The molecule has 0 atom stereocenters. The monoisotopic (exact) mass is 394 g/mol. The molecule has 0 aliphatic heterocycles. The summed E-state index contributed by atoms with van der Waals surface area (Å²) in [5.41, 5.74) is 5.63. The summed E-state index contributed by atoms with van der Waals surface area (Å²) in [5, 5.41) is 16.1. The molecule has 0 amide bonds. The van der Waals surface area contributed by atoms with E-state index in [1.54, 1.807) is 24.8 Å². The Hall–Kier alpha value is -4.33. The molecule has 146 valence electrons. The van der Waals surface area contributed by atoms with Gasteiger partial charge in [-0.3, -0.25) is 15.2 Å². The topological polar surface area (TPSA) is 112 Å². The van der Waals surface area contributed by atoms with Crippen LogP contribution in [0.5, 0.6) is 0 Å². The molecule has 0 radical (unpaired) electrons. The van der Waals surface area contributed by atoms with Crippen molar-refractivity contribution in [2.75, 3.05) is 0 Å². The van der Waals surface area contributed by atoms with E-state index >= 15 is 0 Å². The lowest BCUT2D eigenvalue weighted by Crippen LogP contribution is -2.23. The van der Waals surface area contributed by atoms with Crippen molar-refractivity contribution >= 4 is 28.9 Å². The zero-order chi connectivity index (χ0) is 20.5. The third kappa shape index (κ3) is 3.00. The van der Waals surface area contributed by atoms with Gasteiger partial charge in [0.05, 0.1) is 22.8 Å². The minimum Gasteiger partial charge on any atom is -0.335 e. The van der Waals surface area contributed by atoms with E-state index in [1.165, 1.54) is 0 Å². The molecule has 0 bridgehead atoms. The first kappa shape index (κ1) is 17.7.